The molecule has 1 aromatic carbocycles. The summed E-state index contributed by atoms with van der Waals surface area (Å²) in [5.41, 5.74) is 8.23. The summed E-state index contributed by atoms with van der Waals surface area (Å²) in [5, 5.41) is 1.30. The van der Waals surface area contributed by atoms with Crippen LogP contribution in [-0.4, -0.2) is 41.3 Å². The van der Waals surface area contributed by atoms with Crippen molar-refractivity contribution in [2.24, 2.45) is 11.6 Å². The monoisotopic (exact) mass is 527 g/mol. The maximum atomic E-state index is 12.5. The number of aromatic nitrogens is 1. The van der Waals surface area contributed by atoms with Crippen molar-refractivity contribution in [3.63, 3.8) is 0 Å². The maximum absolute atomic E-state index is 12.5. The Kier molecular flexibility index (Phi) is 9.77. The Bertz CT molecular complexity index is 1140. The zero-order chi connectivity index (χ0) is 26.1. The first-order valence-electron chi connectivity index (χ1n) is 11.4. The zero-order valence-electron chi connectivity index (χ0n) is 20.9. The lowest BCUT2D eigenvalue weighted by Gasteiger charge is -2.25. The van der Waals surface area contributed by atoms with Gasteiger partial charge in [-0.15, -0.1) is 11.3 Å². The molecule has 2 heterocycles. The standard InChI is InChI=1S/C26H33N5O3S2/c1-26(2,3)34-20-10-8-18(9-11-20)15-22(25(32)33-4)31(28)17-19(27)16-30-36-24-13-12-23(35-24)21-7-5-6-14-29-21/h5-14,17,22,30H,15-16,27-28H2,1-4H3/b19-17-/t22-/m0/s1. The number of hydrazine groups is 1. The highest BCUT2D eigenvalue weighted by Gasteiger charge is 2.24. The van der Waals surface area contributed by atoms with Crippen LogP contribution >= 0.6 is 23.3 Å². The van der Waals surface area contributed by atoms with Crippen molar-refractivity contribution in [3.05, 3.63) is 78.3 Å². The van der Waals surface area contributed by atoms with Crippen molar-refractivity contribution in [1.29, 1.82) is 0 Å². The van der Waals surface area contributed by atoms with Crippen LogP contribution in [0.3, 0.4) is 0 Å². The fourth-order valence-corrected chi connectivity index (χ4v) is 5.10. The van der Waals surface area contributed by atoms with Crippen LogP contribution in [0.25, 0.3) is 10.6 Å². The predicted molar refractivity (Wildman–Crippen MR) is 146 cm³/mol. The third kappa shape index (κ3) is 8.56. The van der Waals surface area contributed by atoms with Crippen LogP contribution in [0.1, 0.15) is 26.3 Å². The summed E-state index contributed by atoms with van der Waals surface area (Å²) >= 11 is 3.12. The lowest BCUT2D eigenvalue weighted by molar-refractivity contribution is -0.146. The minimum atomic E-state index is -0.728. The number of hydrogen-bond donors (Lipinski definition) is 3. The summed E-state index contributed by atoms with van der Waals surface area (Å²) in [6, 6.07) is 16.8. The molecule has 8 nitrogen and oxygen atoms in total. The average Bonchev–Trinajstić information content (AvgIpc) is 3.31. The van der Waals surface area contributed by atoms with E-state index in [2.05, 4.69) is 9.71 Å². The van der Waals surface area contributed by atoms with Crippen molar-refractivity contribution in [2.45, 2.75) is 43.0 Å². The summed E-state index contributed by atoms with van der Waals surface area (Å²) in [7, 11) is 1.34. The van der Waals surface area contributed by atoms with Gasteiger partial charge in [0.2, 0.25) is 0 Å². The van der Waals surface area contributed by atoms with E-state index in [1.54, 1.807) is 23.7 Å². The Morgan fingerprint density at radius 1 is 1.19 bits per heavy atom. The van der Waals surface area contributed by atoms with E-state index in [-0.39, 0.29) is 5.60 Å². The number of nitrogens with one attached hydrogen (secondary N) is 1. The second-order valence-electron chi connectivity index (χ2n) is 9.01. The first-order valence-corrected chi connectivity index (χ1v) is 13.0. The summed E-state index contributed by atoms with van der Waals surface area (Å²) < 4.78 is 15.1. The number of nitrogens with zero attached hydrogens (tertiary/aromatic N) is 2. The van der Waals surface area contributed by atoms with Crippen LogP contribution in [0.5, 0.6) is 5.75 Å². The molecule has 0 saturated carbocycles. The second kappa shape index (κ2) is 12.8. The normalized spacial score (nSPS) is 12.8. The first kappa shape index (κ1) is 27.5. The van der Waals surface area contributed by atoms with Crippen molar-refractivity contribution in [1.82, 2.24) is 14.7 Å². The molecule has 0 amide bonds. The SMILES string of the molecule is COC(=O)[C@H](Cc1ccc(OC(C)(C)C)cc1)N(N)/C=C(\N)CNSc1ccc(-c2ccccn2)s1. The van der Waals surface area contributed by atoms with Gasteiger partial charge in [0.25, 0.3) is 0 Å². The van der Waals surface area contributed by atoms with Crippen molar-refractivity contribution >= 4 is 29.3 Å². The molecule has 1 atom stereocenters. The van der Waals surface area contributed by atoms with Gasteiger partial charge in [0.05, 0.1) is 21.9 Å². The van der Waals surface area contributed by atoms with Crippen molar-refractivity contribution in [3.8, 4) is 16.3 Å². The van der Waals surface area contributed by atoms with Crippen LogP contribution in [0.2, 0.25) is 0 Å². The lowest BCUT2D eigenvalue weighted by Crippen LogP contribution is -2.45. The number of methoxy groups -OCH3 is 1. The average molecular weight is 528 g/mol. The van der Waals surface area contributed by atoms with Gasteiger partial charge in [-0.2, -0.15) is 0 Å². The van der Waals surface area contributed by atoms with Crippen LogP contribution in [0.4, 0.5) is 0 Å². The number of hydrogen-bond acceptors (Lipinski definition) is 10. The largest absolute Gasteiger partial charge is 0.488 e. The third-order valence-corrected chi connectivity index (χ3v) is 6.90. The first-order chi connectivity index (χ1) is 17.1. The number of pyridine rings is 1. The van der Waals surface area contributed by atoms with E-state index >= 15 is 0 Å². The minimum Gasteiger partial charge on any atom is -0.488 e. The Hall–Kier alpha value is -3.05. The topological polar surface area (TPSA) is 116 Å². The highest BCUT2D eigenvalue weighted by molar-refractivity contribution is 7.99. The quantitative estimate of drug-likeness (QED) is 0.145. The molecule has 0 spiro atoms. The fraction of sp³-hybridized carbons (Fsp3) is 0.308. The Balaban J connectivity index is 1.56. The van der Waals surface area contributed by atoms with Crippen LogP contribution in [0.15, 0.2) is 76.9 Å². The predicted octanol–water partition coefficient (Wildman–Crippen LogP) is 4.34. The number of carbonyl (C=O) groups is 1. The molecule has 0 aliphatic heterocycles. The van der Waals surface area contributed by atoms with E-state index in [9.17, 15) is 4.79 Å². The minimum absolute atomic E-state index is 0.288. The summed E-state index contributed by atoms with van der Waals surface area (Å²) in [6.07, 6.45) is 3.69. The van der Waals surface area contributed by atoms with E-state index in [4.69, 9.17) is 21.1 Å². The number of thiophene rings is 1. The van der Waals surface area contributed by atoms with Gasteiger partial charge < -0.3 is 20.2 Å². The van der Waals surface area contributed by atoms with Crippen molar-refractivity contribution < 1.29 is 14.3 Å². The summed E-state index contributed by atoms with van der Waals surface area (Å²) in [6.45, 7) is 6.35. The van der Waals surface area contributed by atoms with E-state index in [0.717, 1.165) is 26.1 Å². The molecule has 36 heavy (non-hydrogen) atoms. The van der Waals surface area contributed by atoms with Crippen LogP contribution in [0, 0.1) is 0 Å². The number of ether oxygens (including phenoxy) is 2. The van der Waals surface area contributed by atoms with Crippen molar-refractivity contribution in [2.75, 3.05) is 13.7 Å². The molecular weight excluding hydrogens is 494 g/mol. The molecule has 3 aromatic rings. The fourth-order valence-electron chi connectivity index (χ4n) is 3.26. The van der Waals surface area contributed by atoms with E-state index in [0.29, 0.717) is 18.7 Å². The van der Waals surface area contributed by atoms with E-state index < -0.39 is 12.0 Å². The molecule has 2 aromatic heterocycles. The molecule has 3 rings (SSSR count). The molecule has 0 fully saturated rings. The molecule has 10 heteroatoms. The molecule has 0 unspecified atom stereocenters. The summed E-state index contributed by atoms with van der Waals surface area (Å²) in [5.74, 6) is 6.53. The molecule has 5 N–H and O–H groups in total. The van der Waals surface area contributed by atoms with Gasteiger partial charge >= 0.3 is 5.97 Å². The van der Waals surface area contributed by atoms with E-state index in [1.165, 1.54) is 24.1 Å². The molecule has 0 radical (unpaired) electrons. The third-order valence-electron chi connectivity index (χ3n) is 4.87. The molecule has 0 bridgehead atoms. The molecule has 0 aliphatic rings. The van der Waals surface area contributed by atoms with Gasteiger partial charge in [-0.25, -0.2) is 10.6 Å². The molecule has 192 valence electrons. The van der Waals surface area contributed by atoms with Gasteiger partial charge in [0.1, 0.15) is 17.4 Å². The van der Waals surface area contributed by atoms with Gasteiger partial charge in [-0.05, 0) is 74.7 Å². The lowest BCUT2D eigenvalue weighted by atomic mass is 10.1. The maximum Gasteiger partial charge on any atom is 0.330 e. The number of nitrogens with two attached hydrogens (primary N) is 2. The highest BCUT2D eigenvalue weighted by atomic mass is 32.2. The molecular formula is C26H33N5O3S2. The Labute approximate surface area is 220 Å². The van der Waals surface area contributed by atoms with Gasteiger partial charge in [0, 0.05) is 31.1 Å². The molecule has 0 saturated heterocycles. The van der Waals surface area contributed by atoms with Gasteiger partial charge in [0.15, 0.2) is 0 Å². The number of carbonyl (C=O) groups excluding carboxylic acids is 1. The molecule has 0 aliphatic carbocycles. The highest BCUT2D eigenvalue weighted by Crippen LogP contribution is 2.31. The van der Waals surface area contributed by atoms with Gasteiger partial charge in [-0.1, -0.05) is 18.2 Å². The second-order valence-corrected chi connectivity index (χ2v) is 11.3. The van der Waals surface area contributed by atoms with E-state index in [1.807, 2.05) is 75.4 Å². The number of benzene rings is 1. The van der Waals surface area contributed by atoms with Gasteiger partial charge in [-0.3, -0.25) is 9.71 Å². The zero-order valence-corrected chi connectivity index (χ0v) is 22.6. The Morgan fingerprint density at radius 2 is 1.94 bits per heavy atom. The summed E-state index contributed by atoms with van der Waals surface area (Å²) in [4.78, 5) is 17.9. The van der Waals surface area contributed by atoms with Crippen LogP contribution in [-0.2, 0) is 16.0 Å². The number of rotatable bonds is 11. The smallest absolute Gasteiger partial charge is 0.330 e. The Morgan fingerprint density at radius 3 is 2.58 bits per heavy atom. The number of esters is 1. The van der Waals surface area contributed by atoms with Crippen LogP contribution < -0.4 is 21.0 Å².